The Balaban J connectivity index is 1.93. The molecular weight excluding hydrogens is 204 g/mol. The predicted octanol–water partition coefficient (Wildman–Crippen LogP) is 1.28. The minimum Gasteiger partial charge on any atom is -0.355 e. The Hall–Kier alpha value is -0.970. The quantitative estimate of drug-likeness (QED) is 0.762. The summed E-state index contributed by atoms with van der Waals surface area (Å²) in [6, 6.07) is 4.48. The third-order valence-corrected chi connectivity index (χ3v) is 3.02. The van der Waals surface area contributed by atoms with E-state index in [1.54, 1.807) is 14.2 Å². The van der Waals surface area contributed by atoms with Crippen LogP contribution >= 0.6 is 0 Å². The first kappa shape index (κ1) is 11.5. The van der Waals surface area contributed by atoms with Crippen LogP contribution in [0.5, 0.6) is 0 Å². The number of aryl methyl sites for hydroxylation is 1. The van der Waals surface area contributed by atoms with Crippen LogP contribution in [0.25, 0.3) is 0 Å². The second-order valence-electron chi connectivity index (χ2n) is 3.95. The molecule has 0 saturated carbocycles. The highest BCUT2D eigenvalue weighted by Gasteiger charge is 2.23. The summed E-state index contributed by atoms with van der Waals surface area (Å²) in [5.74, 6) is 0. The first-order valence-corrected chi connectivity index (χ1v) is 5.58. The van der Waals surface area contributed by atoms with Crippen molar-refractivity contribution in [3.8, 4) is 0 Å². The van der Waals surface area contributed by atoms with Gasteiger partial charge in [-0.25, -0.2) is 0 Å². The molecule has 4 heteroatoms. The van der Waals surface area contributed by atoms with Gasteiger partial charge in [-0.05, 0) is 24.5 Å². The Labute approximate surface area is 96.0 Å². The second kappa shape index (κ2) is 5.39. The first-order valence-electron chi connectivity index (χ1n) is 5.58. The van der Waals surface area contributed by atoms with Crippen molar-refractivity contribution >= 4 is 0 Å². The summed E-state index contributed by atoms with van der Waals surface area (Å²) < 4.78 is 10.3. The monoisotopic (exact) mass is 222 g/mol. The lowest BCUT2D eigenvalue weighted by molar-refractivity contribution is -0.0999. The number of nitrogens with zero attached hydrogens (tertiary/aromatic N) is 1. The fourth-order valence-electron chi connectivity index (χ4n) is 2.11. The van der Waals surface area contributed by atoms with Gasteiger partial charge in [0.05, 0.1) is 11.7 Å². The number of aromatic nitrogens is 1. The van der Waals surface area contributed by atoms with Crippen LogP contribution in [-0.2, 0) is 15.9 Å². The molecular formula is C12H18N2O2. The highest BCUT2D eigenvalue weighted by molar-refractivity contribution is 5.27. The molecule has 1 N–H and O–H groups in total. The Morgan fingerprint density at radius 1 is 1.50 bits per heavy atom. The summed E-state index contributed by atoms with van der Waals surface area (Å²) in [6.45, 7) is 0.688. The van der Waals surface area contributed by atoms with E-state index in [4.69, 9.17) is 9.47 Å². The lowest BCUT2D eigenvalue weighted by Crippen LogP contribution is -2.32. The number of fused-ring (bicyclic) bond motifs is 1. The molecule has 0 aromatic carbocycles. The maximum atomic E-state index is 5.14. The number of ether oxygens (including phenoxy) is 2. The fraction of sp³-hybridized carbons (Fsp3) is 0.583. The number of rotatable bonds is 5. The zero-order valence-corrected chi connectivity index (χ0v) is 9.77. The highest BCUT2D eigenvalue weighted by Crippen LogP contribution is 2.28. The molecule has 1 aliphatic carbocycles. The van der Waals surface area contributed by atoms with Crippen molar-refractivity contribution in [2.24, 2.45) is 0 Å². The number of methoxy groups -OCH3 is 2. The van der Waals surface area contributed by atoms with E-state index in [1.165, 1.54) is 11.3 Å². The van der Waals surface area contributed by atoms with Gasteiger partial charge in [0.2, 0.25) is 0 Å². The van der Waals surface area contributed by atoms with Crippen LogP contribution in [0.3, 0.4) is 0 Å². The summed E-state index contributed by atoms with van der Waals surface area (Å²) >= 11 is 0. The molecule has 1 unspecified atom stereocenters. The molecule has 16 heavy (non-hydrogen) atoms. The summed E-state index contributed by atoms with van der Waals surface area (Å²) in [4.78, 5) is 4.43. The van der Waals surface area contributed by atoms with Gasteiger partial charge in [0.25, 0.3) is 0 Å². The molecule has 0 aliphatic heterocycles. The van der Waals surface area contributed by atoms with Crippen molar-refractivity contribution in [3.63, 3.8) is 0 Å². The van der Waals surface area contributed by atoms with Gasteiger partial charge in [-0.2, -0.15) is 0 Å². The third-order valence-electron chi connectivity index (χ3n) is 3.02. The van der Waals surface area contributed by atoms with E-state index < -0.39 is 0 Å². The van der Waals surface area contributed by atoms with Crippen molar-refractivity contribution in [3.05, 3.63) is 29.6 Å². The van der Waals surface area contributed by atoms with Crippen molar-refractivity contribution in [2.45, 2.75) is 25.2 Å². The van der Waals surface area contributed by atoms with E-state index >= 15 is 0 Å². The van der Waals surface area contributed by atoms with Crippen molar-refractivity contribution < 1.29 is 9.47 Å². The molecule has 0 radical (unpaired) electrons. The molecule has 1 atom stereocenters. The Morgan fingerprint density at radius 3 is 3.06 bits per heavy atom. The Kier molecular flexibility index (Phi) is 3.88. The first-order chi connectivity index (χ1) is 7.85. The molecule has 1 aromatic heterocycles. The van der Waals surface area contributed by atoms with Crippen LogP contribution < -0.4 is 5.32 Å². The van der Waals surface area contributed by atoms with Gasteiger partial charge in [0, 0.05) is 27.0 Å². The lowest BCUT2D eigenvalue weighted by Gasteiger charge is -2.18. The summed E-state index contributed by atoms with van der Waals surface area (Å²) in [5, 5.41) is 3.43. The molecule has 0 spiro atoms. The number of pyridine rings is 1. The molecule has 2 rings (SSSR count). The van der Waals surface area contributed by atoms with E-state index in [1.807, 2.05) is 12.3 Å². The molecule has 0 amide bonds. The van der Waals surface area contributed by atoms with Gasteiger partial charge in [0.1, 0.15) is 0 Å². The highest BCUT2D eigenvalue weighted by atomic mass is 16.7. The number of nitrogens with one attached hydrogen (secondary N) is 1. The zero-order chi connectivity index (χ0) is 11.4. The van der Waals surface area contributed by atoms with Crippen LogP contribution in [0, 0.1) is 0 Å². The molecule has 4 nitrogen and oxygen atoms in total. The largest absolute Gasteiger partial charge is 0.355 e. The van der Waals surface area contributed by atoms with E-state index in [-0.39, 0.29) is 6.29 Å². The summed E-state index contributed by atoms with van der Waals surface area (Å²) in [6.07, 6.45) is 3.87. The summed E-state index contributed by atoms with van der Waals surface area (Å²) in [7, 11) is 3.30. The topological polar surface area (TPSA) is 43.4 Å². The minimum atomic E-state index is -0.187. The second-order valence-corrected chi connectivity index (χ2v) is 3.95. The van der Waals surface area contributed by atoms with E-state index in [9.17, 15) is 0 Å². The van der Waals surface area contributed by atoms with Gasteiger partial charge in [-0.1, -0.05) is 6.07 Å². The van der Waals surface area contributed by atoms with Gasteiger partial charge < -0.3 is 14.8 Å². The van der Waals surface area contributed by atoms with Gasteiger partial charge in [-0.3, -0.25) is 4.98 Å². The van der Waals surface area contributed by atoms with Crippen molar-refractivity contribution in [1.82, 2.24) is 10.3 Å². The maximum Gasteiger partial charge on any atom is 0.169 e. The molecule has 0 saturated heterocycles. The van der Waals surface area contributed by atoms with Crippen LogP contribution in [0.2, 0.25) is 0 Å². The normalized spacial score (nSPS) is 19.1. The van der Waals surface area contributed by atoms with E-state index in [2.05, 4.69) is 16.4 Å². The van der Waals surface area contributed by atoms with Gasteiger partial charge in [0.15, 0.2) is 6.29 Å². The average Bonchev–Trinajstić information content (AvgIpc) is 2.74. The zero-order valence-electron chi connectivity index (χ0n) is 9.77. The lowest BCUT2D eigenvalue weighted by atomic mass is 10.2. The molecule has 1 aliphatic rings. The standard InChI is InChI=1S/C12H18N2O2/c1-15-11(16-2)8-14-10-6-5-9-4-3-7-13-12(9)10/h3-4,7,10-11,14H,5-6,8H2,1-2H3. The average molecular weight is 222 g/mol. The molecule has 88 valence electrons. The fourth-order valence-corrected chi connectivity index (χ4v) is 2.11. The van der Waals surface area contributed by atoms with Crippen LogP contribution in [-0.4, -0.2) is 32.0 Å². The smallest absolute Gasteiger partial charge is 0.169 e. The van der Waals surface area contributed by atoms with Crippen LogP contribution in [0.4, 0.5) is 0 Å². The van der Waals surface area contributed by atoms with E-state index in [0.29, 0.717) is 12.6 Å². The van der Waals surface area contributed by atoms with Crippen LogP contribution in [0.15, 0.2) is 18.3 Å². The van der Waals surface area contributed by atoms with Crippen molar-refractivity contribution in [1.29, 1.82) is 0 Å². The summed E-state index contributed by atoms with van der Waals surface area (Å²) in [5.41, 5.74) is 2.53. The molecule has 0 fully saturated rings. The van der Waals surface area contributed by atoms with Crippen LogP contribution in [0.1, 0.15) is 23.7 Å². The molecule has 1 aromatic rings. The Morgan fingerprint density at radius 2 is 2.31 bits per heavy atom. The van der Waals surface area contributed by atoms with Gasteiger partial charge in [-0.15, -0.1) is 0 Å². The molecule has 0 bridgehead atoms. The third kappa shape index (κ3) is 2.40. The Bertz CT molecular complexity index is 340. The SMILES string of the molecule is COC(CNC1CCc2cccnc21)OC. The van der Waals surface area contributed by atoms with Gasteiger partial charge >= 0.3 is 0 Å². The van der Waals surface area contributed by atoms with E-state index in [0.717, 1.165) is 12.8 Å². The number of hydrogen-bond acceptors (Lipinski definition) is 4. The maximum absolute atomic E-state index is 5.14. The minimum absolute atomic E-state index is 0.187. The number of hydrogen-bond donors (Lipinski definition) is 1. The van der Waals surface area contributed by atoms with Crippen molar-refractivity contribution in [2.75, 3.05) is 20.8 Å². The molecule has 1 heterocycles. The predicted molar refractivity (Wildman–Crippen MR) is 61.1 cm³/mol.